The fourth-order valence-corrected chi connectivity index (χ4v) is 4.15. The Balaban J connectivity index is 1.63. The molecule has 0 spiro atoms. The van der Waals surface area contributed by atoms with Gasteiger partial charge in [0.05, 0.1) is 11.8 Å². The highest BCUT2D eigenvalue weighted by molar-refractivity contribution is 7.99. The Morgan fingerprint density at radius 2 is 1.78 bits per heavy atom. The lowest BCUT2D eigenvalue weighted by Gasteiger charge is -2.15. The topological polar surface area (TPSA) is 88.9 Å². The third-order valence-electron chi connectivity index (χ3n) is 5.12. The van der Waals surface area contributed by atoms with Gasteiger partial charge < -0.3 is 15.2 Å². The number of aryl methyl sites for hydroxylation is 2. The maximum absolute atomic E-state index is 12.6. The van der Waals surface area contributed by atoms with Crippen LogP contribution in [-0.4, -0.2) is 32.3 Å². The van der Waals surface area contributed by atoms with E-state index < -0.39 is 0 Å². The van der Waals surface area contributed by atoms with Crippen LogP contribution in [0.1, 0.15) is 54.1 Å². The van der Waals surface area contributed by atoms with Crippen LogP contribution in [0.3, 0.4) is 0 Å². The molecule has 0 saturated heterocycles. The first-order valence-corrected chi connectivity index (χ1v) is 11.7. The Morgan fingerprint density at radius 1 is 1.06 bits per heavy atom. The number of nitrogens with zero attached hydrogens (tertiary/aromatic N) is 3. The van der Waals surface area contributed by atoms with Crippen molar-refractivity contribution in [2.24, 2.45) is 0 Å². The minimum Gasteiger partial charge on any atom is -0.342 e. The Labute approximate surface area is 193 Å². The largest absolute Gasteiger partial charge is 0.342 e. The summed E-state index contributed by atoms with van der Waals surface area (Å²) < 4.78 is 1.93. The second kappa shape index (κ2) is 10.9. The fraction of sp³-hybridized carbons (Fsp3) is 0.333. The SMILES string of the molecule is CCc1ccccc1NC(=O)CSc1nnc([C@@H](C)NC(=O)c2ccc(C)cc2)n1CC. The van der Waals surface area contributed by atoms with Gasteiger partial charge in [-0.1, -0.05) is 54.6 Å². The highest BCUT2D eigenvalue weighted by Crippen LogP contribution is 2.22. The summed E-state index contributed by atoms with van der Waals surface area (Å²) in [5.41, 5.74) is 3.64. The molecular weight excluding hydrogens is 422 g/mol. The van der Waals surface area contributed by atoms with Crippen molar-refractivity contribution in [3.8, 4) is 0 Å². The van der Waals surface area contributed by atoms with Crippen LogP contribution in [0.25, 0.3) is 0 Å². The molecule has 0 aliphatic rings. The molecule has 7 nitrogen and oxygen atoms in total. The van der Waals surface area contributed by atoms with Crippen LogP contribution in [0, 0.1) is 6.92 Å². The molecule has 0 bridgehead atoms. The molecule has 2 N–H and O–H groups in total. The molecule has 1 atom stereocenters. The molecule has 0 saturated carbocycles. The fourth-order valence-electron chi connectivity index (χ4n) is 3.34. The Kier molecular flexibility index (Phi) is 8.05. The van der Waals surface area contributed by atoms with Gasteiger partial charge in [-0.15, -0.1) is 10.2 Å². The first-order chi connectivity index (χ1) is 15.4. The number of benzene rings is 2. The van der Waals surface area contributed by atoms with Crippen LogP contribution < -0.4 is 10.6 Å². The van der Waals surface area contributed by atoms with Gasteiger partial charge in [0, 0.05) is 17.8 Å². The number of amides is 2. The molecule has 1 heterocycles. The van der Waals surface area contributed by atoms with Gasteiger partial charge in [0.25, 0.3) is 5.91 Å². The maximum Gasteiger partial charge on any atom is 0.251 e. The molecule has 32 heavy (non-hydrogen) atoms. The van der Waals surface area contributed by atoms with E-state index in [0.29, 0.717) is 23.1 Å². The molecule has 0 radical (unpaired) electrons. The average molecular weight is 452 g/mol. The van der Waals surface area contributed by atoms with Gasteiger partial charge >= 0.3 is 0 Å². The number of aromatic nitrogens is 3. The standard InChI is InChI=1S/C24H29N5O2S/c1-5-18-9-7-8-10-20(18)26-21(30)15-32-24-28-27-22(29(24)6-2)17(4)25-23(31)19-13-11-16(3)12-14-19/h7-14,17H,5-6,15H2,1-4H3,(H,25,31)(H,26,30)/t17-/m1/s1. The van der Waals surface area contributed by atoms with E-state index in [9.17, 15) is 9.59 Å². The van der Waals surface area contributed by atoms with E-state index in [1.807, 2.05) is 61.7 Å². The molecule has 3 rings (SSSR count). The van der Waals surface area contributed by atoms with Crippen molar-refractivity contribution < 1.29 is 9.59 Å². The minimum atomic E-state index is -0.323. The molecule has 168 valence electrons. The number of nitrogens with one attached hydrogen (secondary N) is 2. The lowest BCUT2D eigenvalue weighted by atomic mass is 10.1. The van der Waals surface area contributed by atoms with E-state index in [4.69, 9.17) is 0 Å². The van der Waals surface area contributed by atoms with Crippen LogP contribution in [0.15, 0.2) is 53.7 Å². The number of anilines is 1. The van der Waals surface area contributed by atoms with Crippen LogP contribution in [0.2, 0.25) is 0 Å². The molecule has 1 aromatic heterocycles. The smallest absolute Gasteiger partial charge is 0.251 e. The Morgan fingerprint density at radius 3 is 2.47 bits per heavy atom. The average Bonchev–Trinajstić information content (AvgIpc) is 3.21. The predicted octanol–water partition coefficient (Wildman–Crippen LogP) is 4.39. The summed E-state index contributed by atoms with van der Waals surface area (Å²) >= 11 is 1.33. The number of rotatable bonds is 9. The molecule has 2 aromatic carbocycles. The van der Waals surface area contributed by atoms with Gasteiger partial charge in [-0.05, 0) is 51.0 Å². The Bertz CT molecular complexity index is 1080. The van der Waals surface area contributed by atoms with Gasteiger partial charge in [-0.2, -0.15) is 0 Å². The van der Waals surface area contributed by atoms with Gasteiger partial charge in [-0.3, -0.25) is 9.59 Å². The van der Waals surface area contributed by atoms with E-state index in [0.717, 1.165) is 23.2 Å². The van der Waals surface area contributed by atoms with Crippen LogP contribution in [-0.2, 0) is 17.8 Å². The number of hydrogen-bond donors (Lipinski definition) is 2. The van der Waals surface area contributed by atoms with E-state index in [1.165, 1.54) is 11.8 Å². The second-order valence-corrected chi connectivity index (χ2v) is 8.44. The normalized spacial score (nSPS) is 11.8. The number of thioether (sulfide) groups is 1. The van der Waals surface area contributed by atoms with Crippen LogP contribution in [0.5, 0.6) is 0 Å². The number of carbonyl (C=O) groups is 2. The highest BCUT2D eigenvalue weighted by atomic mass is 32.2. The first-order valence-electron chi connectivity index (χ1n) is 10.7. The van der Waals surface area contributed by atoms with Gasteiger partial charge in [-0.25, -0.2) is 0 Å². The molecule has 0 aliphatic carbocycles. The lowest BCUT2D eigenvalue weighted by Crippen LogP contribution is -2.28. The highest BCUT2D eigenvalue weighted by Gasteiger charge is 2.20. The zero-order valence-corrected chi connectivity index (χ0v) is 19.7. The van der Waals surface area contributed by atoms with Crippen molar-refractivity contribution in [3.63, 3.8) is 0 Å². The van der Waals surface area contributed by atoms with E-state index in [2.05, 4.69) is 27.8 Å². The van der Waals surface area contributed by atoms with Crippen molar-refractivity contribution in [2.45, 2.75) is 51.9 Å². The summed E-state index contributed by atoms with van der Waals surface area (Å²) in [6.45, 7) is 8.55. The second-order valence-electron chi connectivity index (χ2n) is 7.49. The lowest BCUT2D eigenvalue weighted by molar-refractivity contribution is -0.113. The molecule has 8 heteroatoms. The summed E-state index contributed by atoms with van der Waals surface area (Å²) in [6, 6.07) is 14.9. The van der Waals surface area contributed by atoms with Crippen LogP contribution >= 0.6 is 11.8 Å². The third-order valence-corrected chi connectivity index (χ3v) is 6.08. The van der Waals surface area contributed by atoms with Gasteiger partial charge in [0.15, 0.2) is 11.0 Å². The van der Waals surface area contributed by atoms with Crippen molar-refractivity contribution in [1.82, 2.24) is 20.1 Å². The van der Waals surface area contributed by atoms with Crippen molar-refractivity contribution in [1.29, 1.82) is 0 Å². The summed E-state index contributed by atoms with van der Waals surface area (Å²) in [6.07, 6.45) is 0.851. The van der Waals surface area contributed by atoms with Gasteiger partial charge in [0.1, 0.15) is 0 Å². The predicted molar refractivity (Wildman–Crippen MR) is 128 cm³/mol. The molecule has 0 fully saturated rings. The minimum absolute atomic E-state index is 0.0937. The van der Waals surface area contributed by atoms with Crippen molar-refractivity contribution >= 4 is 29.3 Å². The van der Waals surface area contributed by atoms with Crippen LogP contribution in [0.4, 0.5) is 5.69 Å². The quantitative estimate of drug-likeness (QED) is 0.471. The van der Waals surface area contributed by atoms with E-state index in [-0.39, 0.29) is 23.6 Å². The summed E-state index contributed by atoms with van der Waals surface area (Å²) in [5, 5.41) is 15.1. The van der Waals surface area contributed by atoms with E-state index >= 15 is 0 Å². The maximum atomic E-state index is 12.6. The summed E-state index contributed by atoms with van der Waals surface area (Å²) in [7, 11) is 0. The first kappa shape index (κ1) is 23.5. The third kappa shape index (κ3) is 5.76. The molecular formula is C24H29N5O2S. The zero-order chi connectivity index (χ0) is 23.1. The Hall–Kier alpha value is -3.13. The number of hydrogen-bond acceptors (Lipinski definition) is 5. The summed E-state index contributed by atoms with van der Waals surface area (Å²) in [5.74, 6) is 0.627. The van der Waals surface area contributed by atoms with Gasteiger partial charge in [0.2, 0.25) is 5.91 Å². The van der Waals surface area contributed by atoms with Crippen molar-refractivity contribution in [3.05, 3.63) is 71.0 Å². The molecule has 0 aliphatic heterocycles. The monoisotopic (exact) mass is 451 g/mol. The molecule has 2 amide bonds. The number of carbonyl (C=O) groups excluding carboxylic acids is 2. The zero-order valence-electron chi connectivity index (χ0n) is 18.9. The van der Waals surface area contributed by atoms with E-state index in [1.54, 1.807) is 12.1 Å². The van der Waals surface area contributed by atoms with Crippen molar-refractivity contribution in [2.75, 3.05) is 11.1 Å². The summed E-state index contributed by atoms with van der Waals surface area (Å²) in [4.78, 5) is 25.0. The number of para-hydroxylation sites is 1. The molecule has 0 unspecified atom stereocenters. The molecule has 3 aromatic rings.